The third kappa shape index (κ3) is 9.78. The number of sulfone groups is 1. The van der Waals surface area contributed by atoms with Crippen LogP contribution in [-0.2, 0) is 14.6 Å². The van der Waals surface area contributed by atoms with Crippen LogP contribution >= 0.6 is 0 Å². The van der Waals surface area contributed by atoms with E-state index in [-0.39, 0.29) is 11.5 Å². The first-order chi connectivity index (χ1) is 10.9. The lowest BCUT2D eigenvalue weighted by Crippen LogP contribution is -2.46. The molecule has 8 heteroatoms. The van der Waals surface area contributed by atoms with Crippen LogP contribution < -0.4 is 10.6 Å². The summed E-state index contributed by atoms with van der Waals surface area (Å²) in [5.74, 6) is 1.96. The van der Waals surface area contributed by atoms with Gasteiger partial charge >= 0.3 is 0 Å². The number of guanidine groups is 1. The predicted octanol–water partition coefficient (Wildman–Crippen LogP) is -0.0555. The number of aliphatic imine (C=N–C) groups is 1. The summed E-state index contributed by atoms with van der Waals surface area (Å²) in [5.41, 5.74) is 0. The Morgan fingerprint density at radius 3 is 2.43 bits per heavy atom. The zero-order valence-corrected chi connectivity index (χ0v) is 15.5. The van der Waals surface area contributed by atoms with Crippen molar-refractivity contribution in [3.05, 3.63) is 0 Å². The summed E-state index contributed by atoms with van der Waals surface area (Å²) < 4.78 is 28.3. The molecule has 0 radical (unpaired) electrons. The van der Waals surface area contributed by atoms with Crippen molar-refractivity contribution < 1.29 is 13.2 Å². The van der Waals surface area contributed by atoms with Crippen LogP contribution in [0.3, 0.4) is 0 Å². The van der Waals surface area contributed by atoms with Crippen LogP contribution in [0.5, 0.6) is 0 Å². The molecule has 1 saturated heterocycles. The Kier molecular flexibility index (Phi) is 9.50. The zero-order chi connectivity index (χ0) is 17.1. The summed E-state index contributed by atoms with van der Waals surface area (Å²) >= 11 is 0. The van der Waals surface area contributed by atoms with Crippen molar-refractivity contribution in [3.8, 4) is 0 Å². The number of nitrogens with zero attached hydrogens (tertiary/aromatic N) is 2. The molecule has 1 heterocycles. The summed E-state index contributed by atoms with van der Waals surface area (Å²) in [4.78, 5) is 6.33. The highest BCUT2D eigenvalue weighted by molar-refractivity contribution is 7.91. The largest absolute Gasteiger partial charge is 0.380 e. The van der Waals surface area contributed by atoms with Crippen LogP contribution in [0.15, 0.2) is 4.99 Å². The number of rotatable bonds is 9. The van der Waals surface area contributed by atoms with Crippen molar-refractivity contribution >= 4 is 15.8 Å². The van der Waals surface area contributed by atoms with Gasteiger partial charge in [0.25, 0.3) is 0 Å². The van der Waals surface area contributed by atoms with E-state index in [9.17, 15) is 8.42 Å². The van der Waals surface area contributed by atoms with E-state index in [0.29, 0.717) is 25.6 Å². The molecule has 0 aromatic carbocycles. The maximum absolute atomic E-state index is 11.4. The summed E-state index contributed by atoms with van der Waals surface area (Å²) in [6.45, 7) is 9.37. The zero-order valence-electron chi connectivity index (χ0n) is 14.7. The predicted molar refractivity (Wildman–Crippen MR) is 94.7 cm³/mol. The van der Waals surface area contributed by atoms with E-state index in [0.717, 1.165) is 38.6 Å². The van der Waals surface area contributed by atoms with Gasteiger partial charge in [-0.05, 0) is 12.3 Å². The van der Waals surface area contributed by atoms with Gasteiger partial charge in [0.1, 0.15) is 0 Å². The van der Waals surface area contributed by atoms with Crippen LogP contribution in [0.2, 0.25) is 0 Å². The van der Waals surface area contributed by atoms with E-state index in [1.807, 2.05) is 0 Å². The van der Waals surface area contributed by atoms with Gasteiger partial charge in [0.15, 0.2) is 15.8 Å². The molecule has 0 saturated carbocycles. The highest BCUT2D eigenvalue weighted by Crippen LogP contribution is 2.02. The minimum atomic E-state index is -2.80. The van der Waals surface area contributed by atoms with Crippen LogP contribution in [0.25, 0.3) is 0 Å². The number of ether oxygens (including phenoxy) is 1. The van der Waals surface area contributed by atoms with Crippen molar-refractivity contribution in [1.29, 1.82) is 0 Å². The van der Waals surface area contributed by atoms with Gasteiger partial charge in [0.2, 0.25) is 0 Å². The molecular formula is C15H32N4O3S. The molecule has 1 aliphatic rings. The standard InChI is InChI=1S/C15H32N4O3S/c1-14(2)4-10-22-11-6-18-15(16-3)17-5-7-19-8-12-23(20,21)13-9-19/h14H,4-13H2,1-3H3,(H2,16,17,18). The minimum absolute atomic E-state index is 0.272. The average molecular weight is 349 g/mol. The molecule has 0 aromatic rings. The van der Waals surface area contributed by atoms with Crippen molar-refractivity contribution in [2.75, 3.05) is 64.5 Å². The van der Waals surface area contributed by atoms with Gasteiger partial charge in [0.05, 0.1) is 18.1 Å². The van der Waals surface area contributed by atoms with Gasteiger partial charge in [-0.25, -0.2) is 8.42 Å². The molecule has 1 rings (SSSR count). The molecule has 0 aliphatic carbocycles. The number of hydrogen-bond donors (Lipinski definition) is 2. The summed E-state index contributed by atoms with van der Waals surface area (Å²) in [5, 5.41) is 6.45. The SMILES string of the molecule is CN=C(NCCOCCC(C)C)NCCN1CCS(=O)(=O)CC1. The van der Waals surface area contributed by atoms with Gasteiger partial charge in [-0.3, -0.25) is 9.89 Å². The third-order valence-electron chi connectivity index (χ3n) is 3.76. The fraction of sp³-hybridized carbons (Fsp3) is 0.933. The minimum Gasteiger partial charge on any atom is -0.380 e. The molecule has 7 nitrogen and oxygen atoms in total. The Labute approximate surface area is 140 Å². The lowest BCUT2D eigenvalue weighted by molar-refractivity contribution is 0.128. The maximum Gasteiger partial charge on any atom is 0.191 e. The van der Waals surface area contributed by atoms with Crippen molar-refractivity contribution in [2.24, 2.45) is 10.9 Å². The summed E-state index contributed by atoms with van der Waals surface area (Å²) in [6, 6.07) is 0. The quantitative estimate of drug-likeness (QED) is 0.345. The van der Waals surface area contributed by atoms with Crippen LogP contribution in [0.4, 0.5) is 0 Å². The molecular weight excluding hydrogens is 316 g/mol. The maximum atomic E-state index is 11.4. The van der Waals surface area contributed by atoms with Crippen molar-refractivity contribution in [2.45, 2.75) is 20.3 Å². The smallest absolute Gasteiger partial charge is 0.191 e. The van der Waals surface area contributed by atoms with E-state index in [2.05, 4.69) is 34.4 Å². The second kappa shape index (κ2) is 10.8. The van der Waals surface area contributed by atoms with Crippen molar-refractivity contribution in [3.63, 3.8) is 0 Å². The van der Waals surface area contributed by atoms with Crippen molar-refractivity contribution in [1.82, 2.24) is 15.5 Å². The Morgan fingerprint density at radius 2 is 1.83 bits per heavy atom. The van der Waals surface area contributed by atoms with Crippen LogP contribution in [0, 0.1) is 5.92 Å². The molecule has 0 amide bonds. The Hall–Kier alpha value is -0.860. The monoisotopic (exact) mass is 348 g/mol. The molecule has 23 heavy (non-hydrogen) atoms. The topological polar surface area (TPSA) is 83.0 Å². The van der Waals surface area contributed by atoms with Gasteiger partial charge < -0.3 is 15.4 Å². The fourth-order valence-electron chi connectivity index (χ4n) is 2.19. The lowest BCUT2D eigenvalue weighted by atomic mass is 10.1. The second-order valence-corrected chi connectivity index (χ2v) is 8.52. The first-order valence-electron chi connectivity index (χ1n) is 8.38. The van der Waals surface area contributed by atoms with Gasteiger partial charge in [-0.15, -0.1) is 0 Å². The number of nitrogens with one attached hydrogen (secondary N) is 2. The molecule has 0 unspecified atom stereocenters. The molecule has 0 bridgehead atoms. The molecule has 1 fully saturated rings. The molecule has 2 N–H and O–H groups in total. The third-order valence-corrected chi connectivity index (χ3v) is 5.37. The first-order valence-corrected chi connectivity index (χ1v) is 10.2. The Balaban J connectivity index is 2.06. The highest BCUT2D eigenvalue weighted by Gasteiger charge is 2.20. The summed E-state index contributed by atoms with van der Waals surface area (Å²) in [6.07, 6.45) is 1.08. The molecule has 1 aliphatic heterocycles. The van der Waals surface area contributed by atoms with Gasteiger partial charge in [-0.1, -0.05) is 13.8 Å². The van der Waals surface area contributed by atoms with E-state index in [1.165, 1.54) is 0 Å². The van der Waals surface area contributed by atoms with Gasteiger partial charge in [-0.2, -0.15) is 0 Å². The van der Waals surface area contributed by atoms with E-state index >= 15 is 0 Å². The molecule has 0 atom stereocenters. The van der Waals surface area contributed by atoms with E-state index in [1.54, 1.807) is 7.05 Å². The lowest BCUT2D eigenvalue weighted by Gasteiger charge is -2.26. The van der Waals surface area contributed by atoms with E-state index in [4.69, 9.17) is 4.74 Å². The normalized spacial score (nSPS) is 19.0. The fourth-order valence-corrected chi connectivity index (χ4v) is 3.47. The van der Waals surface area contributed by atoms with Crippen LogP contribution in [0.1, 0.15) is 20.3 Å². The Morgan fingerprint density at radius 1 is 1.17 bits per heavy atom. The molecule has 0 spiro atoms. The van der Waals surface area contributed by atoms with E-state index < -0.39 is 9.84 Å². The molecule has 136 valence electrons. The highest BCUT2D eigenvalue weighted by atomic mass is 32.2. The number of hydrogen-bond acceptors (Lipinski definition) is 5. The summed E-state index contributed by atoms with van der Waals surface area (Å²) in [7, 11) is -1.06. The average Bonchev–Trinajstić information content (AvgIpc) is 2.50. The Bertz CT molecular complexity index is 438. The van der Waals surface area contributed by atoms with Crippen LogP contribution in [-0.4, -0.2) is 83.8 Å². The first kappa shape index (κ1) is 20.2. The second-order valence-electron chi connectivity index (χ2n) is 6.21. The molecule has 0 aromatic heterocycles. The van der Waals surface area contributed by atoms with Gasteiger partial charge in [0, 0.05) is 46.4 Å².